The Balaban J connectivity index is 1.58. The molecule has 3 nitrogen and oxygen atoms in total. The van der Waals surface area contributed by atoms with Crippen LogP contribution >= 0.6 is 11.3 Å². The summed E-state index contributed by atoms with van der Waals surface area (Å²) >= 11 is 1.74. The number of benzene rings is 5. The zero-order valence-electron chi connectivity index (χ0n) is 18.7. The predicted molar refractivity (Wildman–Crippen MR) is 148 cm³/mol. The van der Waals surface area contributed by atoms with Gasteiger partial charge in [-0.2, -0.15) is 0 Å². The van der Waals surface area contributed by atoms with E-state index in [-0.39, 0.29) is 0 Å². The first kappa shape index (κ1) is 19.0. The molecular weight excluding hydrogens is 446 g/mol. The van der Waals surface area contributed by atoms with Crippen LogP contribution < -0.4 is 0 Å². The van der Waals surface area contributed by atoms with E-state index in [0.29, 0.717) is 0 Å². The lowest BCUT2D eigenvalue weighted by Crippen LogP contribution is -1.94. The third-order valence-electron chi connectivity index (χ3n) is 6.96. The Hall–Kier alpha value is -4.41. The van der Waals surface area contributed by atoms with Gasteiger partial charge in [0.2, 0.25) is 0 Å². The minimum Gasteiger partial charge on any atom is -0.309 e. The fourth-order valence-electron chi connectivity index (χ4n) is 5.54. The van der Waals surface area contributed by atoms with Gasteiger partial charge in [-0.15, -0.1) is 0 Å². The SMILES string of the molecule is c1ccc(-n2c3ccccc3c3c4c5ccccc5n(-c5nc6ccccc6s5)c4ccc32)cc1. The molecule has 4 heteroatoms. The molecule has 0 saturated carbocycles. The van der Waals surface area contributed by atoms with Gasteiger partial charge in [0.25, 0.3) is 0 Å². The molecule has 8 aromatic rings. The highest BCUT2D eigenvalue weighted by Crippen LogP contribution is 2.42. The van der Waals surface area contributed by atoms with E-state index in [4.69, 9.17) is 4.98 Å². The van der Waals surface area contributed by atoms with E-state index in [2.05, 4.69) is 124 Å². The molecule has 3 aromatic heterocycles. The number of hydrogen-bond acceptors (Lipinski definition) is 2. The van der Waals surface area contributed by atoms with Crippen molar-refractivity contribution in [2.45, 2.75) is 0 Å². The second-order valence-electron chi connectivity index (χ2n) is 8.86. The van der Waals surface area contributed by atoms with E-state index in [1.54, 1.807) is 11.3 Å². The maximum atomic E-state index is 5.03. The van der Waals surface area contributed by atoms with Gasteiger partial charge in [0, 0.05) is 27.2 Å². The molecule has 0 N–H and O–H groups in total. The molecule has 0 unspecified atom stereocenters. The summed E-state index contributed by atoms with van der Waals surface area (Å²) in [5, 5.41) is 6.09. The molecule has 0 fully saturated rings. The summed E-state index contributed by atoms with van der Waals surface area (Å²) in [7, 11) is 0. The smallest absolute Gasteiger partial charge is 0.195 e. The first-order chi connectivity index (χ1) is 17.4. The third-order valence-corrected chi connectivity index (χ3v) is 7.98. The summed E-state index contributed by atoms with van der Waals surface area (Å²) < 4.78 is 5.92. The summed E-state index contributed by atoms with van der Waals surface area (Å²) in [5.41, 5.74) is 7.03. The van der Waals surface area contributed by atoms with Crippen LogP contribution in [0.25, 0.3) is 64.6 Å². The number of fused-ring (bicyclic) bond motifs is 8. The molecule has 0 spiro atoms. The largest absolute Gasteiger partial charge is 0.309 e. The van der Waals surface area contributed by atoms with Crippen LogP contribution in [0.2, 0.25) is 0 Å². The lowest BCUT2D eigenvalue weighted by molar-refractivity contribution is 1.15. The molecule has 8 rings (SSSR count). The Labute approximate surface area is 205 Å². The molecule has 0 aliphatic carbocycles. The molecule has 3 heterocycles. The van der Waals surface area contributed by atoms with E-state index in [1.165, 1.54) is 54.0 Å². The van der Waals surface area contributed by atoms with E-state index in [0.717, 1.165) is 10.6 Å². The first-order valence-corrected chi connectivity index (χ1v) is 12.6. The Morgan fingerprint density at radius 3 is 1.77 bits per heavy atom. The van der Waals surface area contributed by atoms with Gasteiger partial charge in [-0.3, -0.25) is 4.57 Å². The van der Waals surface area contributed by atoms with Crippen LogP contribution in [0.5, 0.6) is 0 Å². The summed E-state index contributed by atoms with van der Waals surface area (Å²) in [5.74, 6) is 0. The lowest BCUT2D eigenvalue weighted by Gasteiger charge is -2.07. The maximum Gasteiger partial charge on any atom is 0.195 e. The maximum absolute atomic E-state index is 5.03. The van der Waals surface area contributed by atoms with Crippen LogP contribution in [-0.4, -0.2) is 14.1 Å². The normalized spacial score (nSPS) is 12.0. The van der Waals surface area contributed by atoms with E-state index in [9.17, 15) is 0 Å². The van der Waals surface area contributed by atoms with Crippen molar-refractivity contribution in [3.8, 4) is 10.8 Å². The second kappa shape index (κ2) is 7.05. The Morgan fingerprint density at radius 2 is 1.06 bits per heavy atom. The van der Waals surface area contributed by atoms with Crippen LogP contribution in [0.1, 0.15) is 0 Å². The van der Waals surface area contributed by atoms with E-state index >= 15 is 0 Å². The summed E-state index contributed by atoms with van der Waals surface area (Å²) in [6.45, 7) is 0. The van der Waals surface area contributed by atoms with Crippen molar-refractivity contribution in [2.24, 2.45) is 0 Å². The quantitative estimate of drug-likeness (QED) is 0.251. The highest BCUT2D eigenvalue weighted by molar-refractivity contribution is 7.20. The van der Waals surface area contributed by atoms with Crippen molar-refractivity contribution < 1.29 is 0 Å². The molecule has 0 amide bonds. The van der Waals surface area contributed by atoms with Gasteiger partial charge in [-0.1, -0.05) is 78.1 Å². The zero-order valence-corrected chi connectivity index (χ0v) is 19.5. The molecule has 0 aliphatic rings. The molecule has 35 heavy (non-hydrogen) atoms. The number of para-hydroxylation sites is 4. The van der Waals surface area contributed by atoms with Gasteiger partial charge in [0.15, 0.2) is 5.13 Å². The zero-order chi connectivity index (χ0) is 22.9. The fraction of sp³-hybridized carbons (Fsp3) is 0. The van der Waals surface area contributed by atoms with Crippen LogP contribution in [0.15, 0.2) is 115 Å². The number of thiazole rings is 1. The Kier molecular flexibility index (Phi) is 3.82. The standard InChI is InChI=1S/C31H19N3S/c1-2-10-20(11-3-1)33-24-15-7-4-12-21(24)29-26(33)18-19-27-30(29)22-13-5-8-16-25(22)34(27)31-32-23-14-6-9-17-28(23)35-31/h1-19H. The van der Waals surface area contributed by atoms with E-state index < -0.39 is 0 Å². The van der Waals surface area contributed by atoms with Gasteiger partial charge in [0.1, 0.15) is 0 Å². The van der Waals surface area contributed by atoms with Crippen LogP contribution in [0, 0.1) is 0 Å². The number of hydrogen-bond donors (Lipinski definition) is 0. The van der Waals surface area contributed by atoms with Crippen molar-refractivity contribution in [1.29, 1.82) is 0 Å². The highest BCUT2D eigenvalue weighted by atomic mass is 32.1. The summed E-state index contributed by atoms with van der Waals surface area (Å²) in [6.07, 6.45) is 0. The average Bonchev–Trinajstić information content (AvgIpc) is 3.58. The molecule has 0 bridgehead atoms. The fourth-order valence-corrected chi connectivity index (χ4v) is 6.53. The molecule has 164 valence electrons. The summed E-state index contributed by atoms with van der Waals surface area (Å²) in [4.78, 5) is 5.03. The van der Waals surface area contributed by atoms with Gasteiger partial charge >= 0.3 is 0 Å². The molecule has 0 atom stereocenters. The van der Waals surface area contributed by atoms with Crippen molar-refractivity contribution >= 4 is 65.2 Å². The minimum absolute atomic E-state index is 1.00. The Bertz CT molecular complexity index is 2030. The molecular formula is C31H19N3S. The Morgan fingerprint density at radius 1 is 0.486 bits per heavy atom. The molecule has 0 saturated heterocycles. The summed E-state index contributed by atoms with van der Waals surface area (Å²) in [6, 6.07) is 41.0. The average molecular weight is 466 g/mol. The van der Waals surface area contributed by atoms with Crippen LogP contribution in [-0.2, 0) is 0 Å². The van der Waals surface area contributed by atoms with Crippen molar-refractivity contribution in [2.75, 3.05) is 0 Å². The topological polar surface area (TPSA) is 22.8 Å². The van der Waals surface area contributed by atoms with Gasteiger partial charge in [-0.25, -0.2) is 4.98 Å². The number of rotatable bonds is 2. The lowest BCUT2D eigenvalue weighted by atomic mass is 10.1. The monoisotopic (exact) mass is 465 g/mol. The van der Waals surface area contributed by atoms with Crippen molar-refractivity contribution in [3.63, 3.8) is 0 Å². The third kappa shape index (κ3) is 2.57. The van der Waals surface area contributed by atoms with Crippen molar-refractivity contribution in [1.82, 2.24) is 14.1 Å². The second-order valence-corrected chi connectivity index (χ2v) is 9.87. The molecule has 0 aliphatic heterocycles. The van der Waals surface area contributed by atoms with Gasteiger partial charge < -0.3 is 4.57 Å². The van der Waals surface area contributed by atoms with Crippen molar-refractivity contribution in [3.05, 3.63) is 115 Å². The highest BCUT2D eigenvalue weighted by Gasteiger charge is 2.21. The number of aromatic nitrogens is 3. The van der Waals surface area contributed by atoms with E-state index in [1.807, 2.05) is 0 Å². The first-order valence-electron chi connectivity index (χ1n) is 11.8. The van der Waals surface area contributed by atoms with Gasteiger partial charge in [-0.05, 0) is 48.5 Å². The molecule has 0 radical (unpaired) electrons. The van der Waals surface area contributed by atoms with Crippen LogP contribution in [0.3, 0.4) is 0 Å². The predicted octanol–water partition coefficient (Wildman–Crippen LogP) is 8.49. The minimum atomic E-state index is 1.00. The molecule has 5 aromatic carbocycles. The van der Waals surface area contributed by atoms with Gasteiger partial charge in [0.05, 0.1) is 32.3 Å². The van der Waals surface area contributed by atoms with Crippen LogP contribution in [0.4, 0.5) is 0 Å². The number of nitrogens with zero attached hydrogens (tertiary/aromatic N) is 3.